The van der Waals surface area contributed by atoms with Crippen LogP contribution in [-0.2, 0) is 14.4 Å². The van der Waals surface area contributed by atoms with Crippen molar-refractivity contribution in [3.05, 3.63) is 12.2 Å². The summed E-state index contributed by atoms with van der Waals surface area (Å²) in [5.41, 5.74) is -0.926. The predicted octanol–water partition coefficient (Wildman–Crippen LogP) is 1.97. The molecule has 0 aromatic heterocycles. The minimum Gasteiger partial charge on any atom is -0.481 e. The Labute approximate surface area is 124 Å². The Bertz CT molecular complexity index is 478. The number of aliphatic carboxylic acids is 1. The third-order valence-corrected chi connectivity index (χ3v) is 5.32. The van der Waals surface area contributed by atoms with Gasteiger partial charge in [0.1, 0.15) is 0 Å². The highest BCUT2D eigenvalue weighted by Gasteiger charge is 2.51. The highest BCUT2D eigenvalue weighted by atomic mass is 16.4. The molecule has 3 rings (SSSR count). The molecule has 5 nitrogen and oxygen atoms in total. The maximum Gasteiger partial charge on any atom is 0.311 e. The molecule has 1 N–H and O–H groups in total. The molecule has 1 aliphatic heterocycles. The number of rotatable bonds is 3. The molecule has 0 radical (unpaired) electrons. The molecule has 0 spiro atoms. The lowest BCUT2D eigenvalue weighted by Gasteiger charge is -2.35. The zero-order chi connectivity index (χ0) is 15.0. The van der Waals surface area contributed by atoms with E-state index < -0.39 is 11.4 Å². The van der Waals surface area contributed by atoms with Gasteiger partial charge in [0.15, 0.2) is 0 Å². The third kappa shape index (κ3) is 2.28. The number of fused-ring (bicyclic) bond motifs is 1. The van der Waals surface area contributed by atoms with Crippen LogP contribution < -0.4 is 0 Å². The van der Waals surface area contributed by atoms with Gasteiger partial charge in [-0.3, -0.25) is 19.3 Å². The summed E-state index contributed by atoms with van der Waals surface area (Å²) >= 11 is 0. The van der Waals surface area contributed by atoms with Gasteiger partial charge < -0.3 is 5.11 Å². The lowest BCUT2D eigenvalue weighted by molar-refractivity contribution is -0.155. The summed E-state index contributed by atoms with van der Waals surface area (Å²) in [6, 6.07) is 0. The Kier molecular flexibility index (Phi) is 3.59. The molecule has 5 heteroatoms. The van der Waals surface area contributed by atoms with Crippen molar-refractivity contribution >= 4 is 17.8 Å². The van der Waals surface area contributed by atoms with E-state index in [9.17, 15) is 19.5 Å². The molecule has 2 aliphatic carbocycles. The number of carbonyl (C=O) groups excluding carboxylic acids is 2. The molecule has 1 saturated heterocycles. The van der Waals surface area contributed by atoms with Crippen molar-refractivity contribution < 1.29 is 19.5 Å². The summed E-state index contributed by atoms with van der Waals surface area (Å²) in [7, 11) is 0. The zero-order valence-corrected chi connectivity index (χ0v) is 12.1. The van der Waals surface area contributed by atoms with Crippen molar-refractivity contribution in [2.24, 2.45) is 17.3 Å². The summed E-state index contributed by atoms with van der Waals surface area (Å²) in [4.78, 5) is 37.9. The average molecular weight is 291 g/mol. The molecule has 0 aromatic carbocycles. The van der Waals surface area contributed by atoms with Crippen molar-refractivity contribution in [1.82, 2.24) is 4.90 Å². The van der Waals surface area contributed by atoms with Gasteiger partial charge in [0.05, 0.1) is 17.3 Å². The van der Waals surface area contributed by atoms with Crippen molar-refractivity contribution in [3.63, 3.8) is 0 Å². The van der Waals surface area contributed by atoms with Crippen LogP contribution in [0.1, 0.15) is 44.9 Å². The van der Waals surface area contributed by atoms with Crippen LogP contribution in [0.15, 0.2) is 12.2 Å². The maximum atomic E-state index is 12.5. The minimum absolute atomic E-state index is 0.0625. The van der Waals surface area contributed by atoms with Crippen LogP contribution in [0, 0.1) is 17.3 Å². The number of hydrogen-bond acceptors (Lipinski definition) is 3. The molecule has 3 aliphatic rings. The molecule has 114 valence electrons. The van der Waals surface area contributed by atoms with E-state index in [4.69, 9.17) is 0 Å². The number of hydrogen-bond donors (Lipinski definition) is 1. The van der Waals surface area contributed by atoms with Crippen molar-refractivity contribution in [1.29, 1.82) is 0 Å². The van der Waals surface area contributed by atoms with Crippen LogP contribution in [0.2, 0.25) is 0 Å². The molecule has 1 saturated carbocycles. The van der Waals surface area contributed by atoms with Crippen LogP contribution in [0.3, 0.4) is 0 Å². The van der Waals surface area contributed by atoms with E-state index in [1.165, 1.54) is 4.90 Å². The average Bonchev–Trinajstić information content (AvgIpc) is 2.74. The minimum atomic E-state index is -0.926. The van der Waals surface area contributed by atoms with Crippen LogP contribution >= 0.6 is 0 Å². The zero-order valence-electron chi connectivity index (χ0n) is 12.1. The Hall–Kier alpha value is -1.65. The van der Waals surface area contributed by atoms with E-state index in [1.54, 1.807) is 0 Å². The quantitative estimate of drug-likeness (QED) is 0.637. The Morgan fingerprint density at radius 3 is 2.10 bits per heavy atom. The normalized spacial score (nSPS) is 31.3. The first kappa shape index (κ1) is 14.3. The van der Waals surface area contributed by atoms with Crippen LogP contribution in [0.4, 0.5) is 0 Å². The number of carbonyl (C=O) groups is 3. The van der Waals surface area contributed by atoms with Gasteiger partial charge in [0.2, 0.25) is 11.8 Å². The van der Waals surface area contributed by atoms with Crippen LogP contribution in [0.25, 0.3) is 0 Å². The van der Waals surface area contributed by atoms with Gasteiger partial charge in [-0.2, -0.15) is 0 Å². The number of likely N-dealkylation sites (tertiary alicyclic amines) is 1. The summed E-state index contributed by atoms with van der Waals surface area (Å²) in [6.45, 7) is 0.0625. The fourth-order valence-corrected chi connectivity index (χ4v) is 4.00. The smallest absolute Gasteiger partial charge is 0.311 e. The number of amides is 2. The predicted molar refractivity (Wildman–Crippen MR) is 75.2 cm³/mol. The highest BCUT2D eigenvalue weighted by Crippen LogP contribution is 2.41. The van der Waals surface area contributed by atoms with Gasteiger partial charge >= 0.3 is 5.97 Å². The molecule has 21 heavy (non-hydrogen) atoms. The van der Waals surface area contributed by atoms with E-state index in [0.29, 0.717) is 25.7 Å². The van der Waals surface area contributed by atoms with E-state index in [0.717, 1.165) is 19.3 Å². The summed E-state index contributed by atoms with van der Waals surface area (Å²) in [5, 5.41) is 9.62. The number of carboxylic acids is 1. The molecular formula is C16H21NO4. The first-order chi connectivity index (χ1) is 10.1. The van der Waals surface area contributed by atoms with E-state index in [1.807, 2.05) is 12.2 Å². The van der Waals surface area contributed by atoms with Gasteiger partial charge in [-0.25, -0.2) is 0 Å². The second-order valence-corrected chi connectivity index (χ2v) is 6.56. The third-order valence-electron chi connectivity index (χ3n) is 5.32. The molecule has 0 bridgehead atoms. The first-order valence-corrected chi connectivity index (χ1v) is 7.79. The van der Waals surface area contributed by atoms with E-state index in [-0.39, 0.29) is 30.2 Å². The second kappa shape index (κ2) is 5.28. The lowest BCUT2D eigenvalue weighted by atomic mass is 9.73. The number of imide groups is 1. The van der Waals surface area contributed by atoms with Crippen LogP contribution in [0.5, 0.6) is 0 Å². The van der Waals surface area contributed by atoms with E-state index >= 15 is 0 Å². The van der Waals surface area contributed by atoms with Gasteiger partial charge in [-0.15, -0.1) is 0 Å². The fraction of sp³-hybridized carbons (Fsp3) is 0.688. The standard InChI is InChI=1S/C16H21NO4/c18-13-11-6-2-3-7-12(11)14(19)17(13)10-16(15(20)21)8-4-1-5-9-16/h2-3,11-12H,1,4-10H2,(H,20,21). The summed E-state index contributed by atoms with van der Waals surface area (Å²) in [6.07, 6.45) is 8.98. The molecule has 2 amide bonds. The monoisotopic (exact) mass is 291 g/mol. The summed E-state index contributed by atoms with van der Waals surface area (Å²) < 4.78 is 0. The molecule has 1 heterocycles. The van der Waals surface area contributed by atoms with Gasteiger partial charge in [-0.05, 0) is 25.7 Å². The second-order valence-electron chi connectivity index (χ2n) is 6.56. The molecule has 2 unspecified atom stereocenters. The summed E-state index contributed by atoms with van der Waals surface area (Å²) in [5.74, 6) is -1.73. The number of allylic oxidation sites excluding steroid dienone is 2. The first-order valence-electron chi connectivity index (χ1n) is 7.79. The number of carboxylic acid groups (broad SMARTS) is 1. The van der Waals surface area contributed by atoms with Gasteiger partial charge in [0.25, 0.3) is 0 Å². The SMILES string of the molecule is O=C1C2CC=CCC2C(=O)N1CC1(C(=O)O)CCCCC1. The Morgan fingerprint density at radius 2 is 1.62 bits per heavy atom. The topological polar surface area (TPSA) is 74.7 Å². The van der Waals surface area contributed by atoms with Crippen molar-refractivity contribution in [2.45, 2.75) is 44.9 Å². The van der Waals surface area contributed by atoms with Gasteiger partial charge in [-0.1, -0.05) is 31.4 Å². The number of nitrogens with zero attached hydrogens (tertiary/aromatic N) is 1. The Balaban J connectivity index is 1.82. The fourth-order valence-electron chi connectivity index (χ4n) is 4.00. The van der Waals surface area contributed by atoms with Crippen molar-refractivity contribution in [2.75, 3.05) is 6.54 Å². The van der Waals surface area contributed by atoms with E-state index in [2.05, 4.69) is 0 Å². The highest BCUT2D eigenvalue weighted by molar-refractivity contribution is 6.05. The van der Waals surface area contributed by atoms with Gasteiger partial charge in [0, 0.05) is 6.54 Å². The van der Waals surface area contributed by atoms with Crippen molar-refractivity contribution in [3.8, 4) is 0 Å². The molecular weight excluding hydrogens is 270 g/mol. The van der Waals surface area contributed by atoms with Crippen LogP contribution in [-0.4, -0.2) is 34.3 Å². The lowest BCUT2D eigenvalue weighted by Crippen LogP contribution is -2.47. The molecule has 0 aromatic rings. The molecule has 2 atom stereocenters. The largest absolute Gasteiger partial charge is 0.481 e. The molecule has 2 fully saturated rings. The Morgan fingerprint density at radius 1 is 1.10 bits per heavy atom. The maximum absolute atomic E-state index is 12.5.